The summed E-state index contributed by atoms with van der Waals surface area (Å²) in [6.07, 6.45) is -0.812. The fourth-order valence-electron chi connectivity index (χ4n) is 2.15. The minimum atomic E-state index is -0.812. The van der Waals surface area contributed by atoms with Crippen molar-refractivity contribution in [3.05, 3.63) is 67.5 Å². The highest BCUT2D eigenvalue weighted by Crippen LogP contribution is 2.28. The highest BCUT2D eigenvalue weighted by molar-refractivity contribution is 9.10. The van der Waals surface area contributed by atoms with Crippen LogP contribution in [0.15, 0.2) is 45.7 Å². The molecule has 0 saturated heterocycles. The van der Waals surface area contributed by atoms with Crippen LogP contribution in [0.3, 0.4) is 0 Å². The number of aromatic nitrogens is 2. The lowest BCUT2D eigenvalue weighted by Crippen LogP contribution is -2.00. The number of imidazole rings is 1. The van der Waals surface area contributed by atoms with Gasteiger partial charge in [-0.2, -0.15) is 0 Å². The molecule has 0 fully saturated rings. The van der Waals surface area contributed by atoms with Crippen molar-refractivity contribution >= 4 is 38.6 Å². The number of fused-ring (bicyclic) bond motifs is 1. The summed E-state index contributed by atoms with van der Waals surface area (Å²) >= 11 is 9.34. The summed E-state index contributed by atoms with van der Waals surface area (Å²) in [5.74, 6) is 0. The molecule has 0 radical (unpaired) electrons. The molecule has 4 nitrogen and oxygen atoms in total. The van der Waals surface area contributed by atoms with E-state index in [0.717, 1.165) is 4.47 Å². The van der Waals surface area contributed by atoms with Gasteiger partial charge in [0.05, 0.1) is 11.0 Å². The lowest BCUT2D eigenvalue weighted by molar-refractivity contribution is 0.220. The van der Waals surface area contributed by atoms with Crippen molar-refractivity contribution in [3.63, 3.8) is 0 Å². The van der Waals surface area contributed by atoms with E-state index in [1.807, 2.05) is 0 Å². The quantitative estimate of drug-likeness (QED) is 0.661. The van der Waals surface area contributed by atoms with Crippen LogP contribution in [-0.2, 0) is 0 Å². The molecule has 1 heterocycles. The Morgan fingerprint density at radius 2 is 1.80 bits per heavy atom. The number of halogens is 2. The smallest absolute Gasteiger partial charge is 0.323 e. The number of aliphatic hydroxyl groups is 1. The third kappa shape index (κ3) is 2.52. The molecule has 3 aromatic rings. The van der Waals surface area contributed by atoms with E-state index < -0.39 is 6.10 Å². The standard InChI is InChI=1S/C14H10BrClN2O2/c15-9-3-8(4-10(16)6-9)13(19)7-1-2-11-12(5-7)18-14(20)17-11/h1-6,13,19H,(H2,17,18,20). The number of aromatic amines is 2. The summed E-state index contributed by atoms with van der Waals surface area (Å²) in [6, 6.07) is 10.5. The maximum atomic E-state index is 11.2. The third-order valence-electron chi connectivity index (χ3n) is 3.06. The molecule has 2 aromatic carbocycles. The van der Waals surface area contributed by atoms with E-state index in [9.17, 15) is 9.90 Å². The first-order chi connectivity index (χ1) is 9.52. The number of hydrogen-bond acceptors (Lipinski definition) is 2. The van der Waals surface area contributed by atoms with Crippen LogP contribution in [0.2, 0.25) is 5.02 Å². The van der Waals surface area contributed by atoms with Crippen LogP contribution < -0.4 is 5.69 Å². The molecular weight excluding hydrogens is 344 g/mol. The summed E-state index contributed by atoms with van der Waals surface area (Å²) in [5, 5.41) is 11.0. The molecule has 1 atom stereocenters. The Balaban J connectivity index is 2.06. The second kappa shape index (κ2) is 5.09. The first-order valence-electron chi connectivity index (χ1n) is 5.89. The second-order valence-corrected chi connectivity index (χ2v) is 5.84. The Hall–Kier alpha value is -1.56. The largest absolute Gasteiger partial charge is 0.384 e. The highest BCUT2D eigenvalue weighted by Gasteiger charge is 2.13. The average Bonchev–Trinajstić information content (AvgIpc) is 2.75. The zero-order chi connectivity index (χ0) is 14.3. The molecule has 20 heavy (non-hydrogen) atoms. The summed E-state index contributed by atoms with van der Waals surface area (Å²) in [7, 11) is 0. The van der Waals surface area contributed by atoms with Gasteiger partial charge < -0.3 is 15.1 Å². The molecule has 0 saturated carbocycles. The predicted octanol–water partition coefficient (Wildman–Crippen LogP) is 3.35. The van der Waals surface area contributed by atoms with Gasteiger partial charge in [0, 0.05) is 9.50 Å². The van der Waals surface area contributed by atoms with Crippen molar-refractivity contribution in [2.24, 2.45) is 0 Å². The number of rotatable bonds is 2. The van der Waals surface area contributed by atoms with Crippen molar-refractivity contribution in [1.29, 1.82) is 0 Å². The SMILES string of the molecule is O=c1[nH]c2ccc(C(O)c3cc(Cl)cc(Br)c3)cc2[nH]1. The summed E-state index contributed by atoms with van der Waals surface area (Å²) < 4.78 is 0.801. The maximum absolute atomic E-state index is 11.2. The van der Waals surface area contributed by atoms with Gasteiger partial charge in [0.2, 0.25) is 0 Å². The topological polar surface area (TPSA) is 68.9 Å². The monoisotopic (exact) mass is 352 g/mol. The van der Waals surface area contributed by atoms with Gasteiger partial charge in [-0.05, 0) is 41.5 Å². The Morgan fingerprint density at radius 3 is 2.55 bits per heavy atom. The van der Waals surface area contributed by atoms with Gasteiger partial charge in [0.15, 0.2) is 0 Å². The van der Waals surface area contributed by atoms with Crippen LogP contribution in [-0.4, -0.2) is 15.1 Å². The zero-order valence-electron chi connectivity index (χ0n) is 10.2. The summed E-state index contributed by atoms with van der Waals surface area (Å²) in [4.78, 5) is 16.6. The molecule has 3 rings (SSSR count). The fraction of sp³-hybridized carbons (Fsp3) is 0.0714. The normalized spacial score (nSPS) is 12.8. The van der Waals surface area contributed by atoms with Crippen LogP contribution in [0.5, 0.6) is 0 Å². The van der Waals surface area contributed by atoms with Crippen molar-refractivity contribution in [2.45, 2.75) is 6.10 Å². The Kier molecular flexibility index (Phi) is 3.41. The minimum absolute atomic E-state index is 0.267. The fourth-order valence-corrected chi connectivity index (χ4v) is 3.03. The lowest BCUT2D eigenvalue weighted by Gasteiger charge is -2.12. The molecule has 0 bridgehead atoms. The molecule has 6 heteroatoms. The third-order valence-corrected chi connectivity index (χ3v) is 3.73. The molecule has 102 valence electrons. The van der Waals surface area contributed by atoms with Gasteiger partial charge in [-0.1, -0.05) is 33.6 Å². The summed E-state index contributed by atoms with van der Waals surface area (Å²) in [6.45, 7) is 0. The Bertz CT molecular complexity index is 820. The van der Waals surface area contributed by atoms with E-state index >= 15 is 0 Å². The molecule has 0 amide bonds. The molecule has 0 aliphatic heterocycles. The van der Waals surface area contributed by atoms with E-state index in [1.54, 1.807) is 36.4 Å². The van der Waals surface area contributed by atoms with Gasteiger partial charge >= 0.3 is 5.69 Å². The van der Waals surface area contributed by atoms with Crippen LogP contribution in [0.1, 0.15) is 17.2 Å². The van der Waals surface area contributed by atoms with Crippen molar-refractivity contribution in [1.82, 2.24) is 9.97 Å². The zero-order valence-corrected chi connectivity index (χ0v) is 12.5. The van der Waals surface area contributed by atoms with Crippen LogP contribution in [0.25, 0.3) is 11.0 Å². The Morgan fingerprint density at radius 1 is 1.05 bits per heavy atom. The van der Waals surface area contributed by atoms with E-state index in [2.05, 4.69) is 25.9 Å². The van der Waals surface area contributed by atoms with E-state index in [0.29, 0.717) is 27.2 Å². The molecule has 0 spiro atoms. The first kappa shape index (κ1) is 13.4. The molecular formula is C14H10BrClN2O2. The minimum Gasteiger partial charge on any atom is -0.384 e. The maximum Gasteiger partial charge on any atom is 0.323 e. The molecule has 1 aromatic heterocycles. The molecule has 0 aliphatic carbocycles. The van der Waals surface area contributed by atoms with Gasteiger partial charge in [0.25, 0.3) is 0 Å². The molecule has 1 unspecified atom stereocenters. The van der Waals surface area contributed by atoms with Gasteiger partial charge in [-0.25, -0.2) is 4.79 Å². The van der Waals surface area contributed by atoms with Crippen molar-refractivity contribution in [3.8, 4) is 0 Å². The number of H-pyrrole nitrogens is 2. The average molecular weight is 354 g/mol. The van der Waals surface area contributed by atoms with Crippen molar-refractivity contribution < 1.29 is 5.11 Å². The second-order valence-electron chi connectivity index (χ2n) is 4.49. The van der Waals surface area contributed by atoms with Crippen LogP contribution in [0.4, 0.5) is 0 Å². The van der Waals surface area contributed by atoms with Gasteiger partial charge in [0.1, 0.15) is 6.10 Å². The van der Waals surface area contributed by atoms with Crippen LogP contribution in [0, 0.1) is 0 Å². The highest BCUT2D eigenvalue weighted by atomic mass is 79.9. The van der Waals surface area contributed by atoms with Gasteiger partial charge in [-0.15, -0.1) is 0 Å². The van der Waals surface area contributed by atoms with Crippen molar-refractivity contribution in [2.75, 3.05) is 0 Å². The number of hydrogen-bond donors (Lipinski definition) is 3. The van der Waals surface area contributed by atoms with E-state index in [4.69, 9.17) is 11.6 Å². The predicted molar refractivity (Wildman–Crippen MR) is 82.1 cm³/mol. The number of benzene rings is 2. The van der Waals surface area contributed by atoms with E-state index in [-0.39, 0.29) is 5.69 Å². The van der Waals surface area contributed by atoms with Gasteiger partial charge in [-0.3, -0.25) is 0 Å². The summed E-state index contributed by atoms with van der Waals surface area (Å²) in [5.41, 5.74) is 2.46. The number of aliphatic hydroxyl groups excluding tert-OH is 1. The van der Waals surface area contributed by atoms with Crippen LogP contribution >= 0.6 is 27.5 Å². The van der Waals surface area contributed by atoms with E-state index in [1.165, 1.54) is 0 Å². The molecule has 3 N–H and O–H groups in total. The number of nitrogens with one attached hydrogen (secondary N) is 2. The Labute approximate surface area is 127 Å². The lowest BCUT2D eigenvalue weighted by atomic mass is 10.0. The first-order valence-corrected chi connectivity index (χ1v) is 7.06. The molecule has 0 aliphatic rings.